The second kappa shape index (κ2) is 16.7. The number of hydrogen-bond donors (Lipinski definition) is 4. The molecule has 2 rings (SSSR count). The Kier molecular flexibility index (Phi) is 13.7. The maximum absolute atomic E-state index is 13.3. The highest BCUT2D eigenvalue weighted by Crippen LogP contribution is 2.20. The molecule has 4 amide bonds. The molecule has 1 aromatic carbocycles. The molecular weight excluding hydrogens is 568 g/mol. The number of rotatable bonds is 16. The number of sulfone groups is 1. The molecule has 42 heavy (non-hydrogen) atoms. The molecule has 4 N–H and O–H groups in total. The van der Waals surface area contributed by atoms with E-state index in [-0.39, 0.29) is 44.2 Å². The molecule has 1 aliphatic rings. The van der Waals surface area contributed by atoms with Crippen LogP contribution in [0.15, 0.2) is 30.3 Å². The minimum atomic E-state index is -3.41. The molecule has 0 unspecified atom stereocenters. The molecule has 0 saturated carbocycles. The fourth-order valence-electron chi connectivity index (χ4n) is 4.48. The lowest BCUT2D eigenvalue weighted by Gasteiger charge is -2.30. The lowest BCUT2D eigenvalue weighted by atomic mass is 10.0. The number of carbonyl (C=O) groups is 5. The number of likely N-dealkylation sites (tertiary alicyclic amines) is 1. The molecule has 0 aromatic heterocycles. The van der Waals surface area contributed by atoms with Crippen LogP contribution in [-0.4, -0.2) is 91.4 Å². The maximum atomic E-state index is 13.3. The number of carbonyl (C=O) groups excluding carboxylic acids is 4. The van der Waals surface area contributed by atoms with Gasteiger partial charge in [-0.1, -0.05) is 44.2 Å². The summed E-state index contributed by atoms with van der Waals surface area (Å²) in [5.41, 5.74) is 0.842. The molecule has 0 spiro atoms. The highest BCUT2D eigenvalue weighted by atomic mass is 32.2. The molecule has 0 radical (unpaired) electrons. The minimum Gasteiger partial charge on any atom is -0.480 e. The van der Waals surface area contributed by atoms with Gasteiger partial charge in [-0.3, -0.25) is 14.4 Å². The maximum Gasteiger partial charge on any atom is 0.407 e. The first-order chi connectivity index (χ1) is 19.8. The number of nitrogens with zero attached hydrogens (tertiary/aromatic N) is 1. The number of unbranched alkanes of at least 4 members (excludes halogenated alkanes) is 1. The van der Waals surface area contributed by atoms with Crippen molar-refractivity contribution in [3.63, 3.8) is 0 Å². The highest BCUT2D eigenvalue weighted by Gasteiger charge is 2.39. The number of benzene rings is 1. The van der Waals surface area contributed by atoms with Crippen LogP contribution in [0.2, 0.25) is 0 Å². The molecule has 1 fully saturated rings. The van der Waals surface area contributed by atoms with E-state index in [4.69, 9.17) is 4.74 Å². The lowest BCUT2D eigenvalue weighted by molar-refractivity contribution is -0.150. The van der Waals surface area contributed by atoms with Gasteiger partial charge in [-0.15, -0.1) is 0 Å². The quantitative estimate of drug-likeness (QED) is 0.200. The second-order valence-electron chi connectivity index (χ2n) is 10.7. The third-order valence-electron chi connectivity index (χ3n) is 6.80. The van der Waals surface area contributed by atoms with Gasteiger partial charge in [0.2, 0.25) is 17.7 Å². The summed E-state index contributed by atoms with van der Waals surface area (Å²) in [5.74, 6) is -3.66. The van der Waals surface area contributed by atoms with Gasteiger partial charge in [-0.2, -0.15) is 0 Å². The number of nitrogens with one attached hydrogen (secondary N) is 3. The zero-order valence-corrected chi connectivity index (χ0v) is 25.2. The molecule has 1 aromatic rings. The van der Waals surface area contributed by atoms with Gasteiger partial charge in [0.1, 0.15) is 34.6 Å². The smallest absolute Gasteiger partial charge is 0.407 e. The first-order valence-electron chi connectivity index (χ1n) is 14.0. The average molecular weight is 611 g/mol. The SMILES string of the molecule is CC(C)[C@H](NC(=O)[C@H](CCCCNC(=O)OCc1ccccc1)NC(=O)CCS(C)(=O)=O)C(=O)N1CCC[C@H]1C(=O)O. The van der Waals surface area contributed by atoms with E-state index in [2.05, 4.69) is 16.0 Å². The first-order valence-corrected chi connectivity index (χ1v) is 16.1. The number of carboxylic acid groups (broad SMARTS) is 1. The highest BCUT2D eigenvalue weighted by molar-refractivity contribution is 7.90. The summed E-state index contributed by atoms with van der Waals surface area (Å²) in [5, 5.41) is 17.3. The summed E-state index contributed by atoms with van der Waals surface area (Å²) >= 11 is 0. The van der Waals surface area contributed by atoms with Crippen LogP contribution in [0, 0.1) is 5.92 Å². The van der Waals surface area contributed by atoms with Crippen molar-refractivity contribution in [2.45, 2.75) is 77.1 Å². The van der Waals surface area contributed by atoms with Crippen LogP contribution in [0.5, 0.6) is 0 Å². The number of aliphatic carboxylic acids is 1. The molecule has 0 aliphatic carbocycles. The number of alkyl carbamates (subject to hydrolysis) is 1. The molecule has 3 atom stereocenters. The summed E-state index contributed by atoms with van der Waals surface area (Å²) < 4.78 is 28.1. The minimum absolute atomic E-state index is 0.120. The van der Waals surface area contributed by atoms with E-state index in [1.54, 1.807) is 13.8 Å². The number of ether oxygens (including phenoxy) is 1. The van der Waals surface area contributed by atoms with E-state index < -0.39 is 57.7 Å². The number of hydrogen-bond acceptors (Lipinski definition) is 8. The Morgan fingerprint density at radius 2 is 1.76 bits per heavy atom. The summed E-state index contributed by atoms with van der Waals surface area (Å²) in [6.45, 7) is 4.08. The van der Waals surface area contributed by atoms with Gasteiger partial charge in [0.15, 0.2) is 0 Å². The van der Waals surface area contributed by atoms with Crippen molar-refractivity contribution in [2.24, 2.45) is 5.92 Å². The monoisotopic (exact) mass is 610 g/mol. The van der Waals surface area contributed by atoms with Gasteiger partial charge in [0.25, 0.3) is 0 Å². The Bertz CT molecular complexity index is 1190. The topological polar surface area (TPSA) is 188 Å². The van der Waals surface area contributed by atoms with E-state index in [9.17, 15) is 37.5 Å². The summed E-state index contributed by atoms with van der Waals surface area (Å²) in [4.78, 5) is 63.9. The van der Waals surface area contributed by atoms with Gasteiger partial charge in [-0.05, 0) is 43.6 Å². The average Bonchev–Trinajstić information content (AvgIpc) is 3.43. The molecule has 14 heteroatoms. The predicted octanol–water partition coefficient (Wildman–Crippen LogP) is 1.22. The third kappa shape index (κ3) is 12.0. The van der Waals surface area contributed by atoms with Crippen LogP contribution in [0.3, 0.4) is 0 Å². The molecule has 13 nitrogen and oxygen atoms in total. The van der Waals surface area contributed by atoms with Gasteiger partial charge >= 0.3 is 12.1 Å². The Hall–Kier alpha value is -3.68. The van der Waals surface area contributed by atoms with Crippen LogP contribution < -0.4 is 16.0 Å². The van der Waals surface area contributed by atoms with Crippen molar-refractivity contribution in [3.8, 4) is 0 Å². The Balaban J connectivity index is 1.97. The summed E-state index contributed by atoms with van der Waals surface area (Å²) in [6.07, 6.45) is 1.93. The molecule has 0 bridgehead atoms. The zero-order chi connectivity index (χ0) is 31.3. The second-order valence-corrected chi connectivity index (χ2v) is 13.0. The van der Waals surface area contributed by atoms with Crippen molar-refractivity contribution in [3.05, 3.63) is 35.9 Å². The molecule has 1 saturated heterocycles. The van der Waals surface area contributed by atoms with E-state index in [0.29, 0.717) is 25.7 Å². The van der Waals surface area contributed by atoms with E-state index >= 15 is 0 Å². The third-order valence-corrected chi connectivity index (χ3v) is 7.75. The van der Waals surface area contributed by atoms with Gasteiger partial charge in [0.05, 0.1) is 5.75 Å². The molecule has 1 heterocycles. The van der Waals surface area contributed by atoms with E-state index in [1.807, 2.05) is 30.3 Å². The first kappa shape index (κ1) is 34.5. The Labute approximate surface area is 246 Å². The van der Waals surface area contributed by atoms with Crippen LogP contribution in [0.4, 0.5) is 4.79 Å². The predicted molar refractivity (Wildman–Crippen MR) is 154 cm³/mol. The van der Waals surface area contributed by atoms with E-state index in [1.165, 1.54) is 4.90 Å². The fourth-order valence-corrected chi connectivity index (χ4v) is 5.04. The largest absolute Gasteiger partial charge is 0.480 e. The van der Waals surface area contributed by atoms with Crippen molar-refractivity contribution >= 4 is 39.6 Å². The van der Waals surface area contributed by atoms with Crippen LogP contribution in [0.25, 0.3) is 0 Å². The zero-order valence-electron chi connectivity index (χ0n) is 24.3. The summed E-state index contributed by atoms with van der Waals surface area (Å²) in [7, 11) is -3.41. The van der Waals surface area contributed by atoms with Crippen molar-refractivity contribution in [1.29, 1.82) is 0 Å². The van der Waals surface area contributed by atoms with Crippen LogP contribution >= 0.6 is 0 Å². The van der Waals surface area contributed by atoms with Crippen molar-refractivity contribution < 1.29 is 42.2 Å². The summed E-state index contributed by atoms with van der Waals surface area (Å²) in [6, 6.07) is 6.12. The van der Waals surface area contributed by atoms with Crippen molar-refractivity contribution in [1.82, 2.24) is 20.9 Å². The Morgan fingerprint density at radius 1 is 1.07 bits per heavy atom. The van der Waals surface area contributed by atoms with Gasteiger partial charge in [0, 0.05) is 25.8 Å². The normalized spacial score (nSPS) is 16.4. The standard InChI is InChI=1S/C28H42N4O9S/c1-19(2)24(26(35)32-16-9-13-22(32)27(36)37)31-25(34)21(30-23(33)14-17-42(3,39)40)12-7-8-15-29-28(38)41-18-20-10-5-4-6-11-20/h4-6,10-11,19,21-22,24H,7-9,12-18H2,1-3H3,(H,29,38)(H,30,33)(H,31,34)(H,36,37)/t21-,22-,24-/m0/s1. The Morgan fingerprint density at radius 3 is 2.38 bits per heavy atom. The fraction of sp³-hybridized carbons (Fsp3) is 0.607. The van der Waals surface area contributed by atoms with E-state index in [0.717, 1.165) is 11.8 Å². The number of carboxylic acids is 1. The van der Waals surface area contributed by atoms with Crippen LogP contribution in [0.1, 0.15) is 57.9 Å². The molecule has 234 valence electrons. The van der Waals surface area contributed by atoms with Gasteiger partial charge < -0.3 is 30.7 Å². The lowest BCUT2D eigenvalue weighted by Crippen LogP contribution is -2.57. The molecule has 1 aliphatic heterocycles. The molecular formula is C28H42N4O9S. The van der Waals surface area contributed by atoms with Crippen LogP contribution in [-0.2, 0) is 40.4 Å². The van der Waals surface area contributed by atoms with Gasteiger partial charge in [-0.25, -0.2) is 18.0 Å². The van der Waals surface area contributed by atoms with Crippen molar-refractivity contribution in [2.75, 3.05) is 25.1 Å². The number of amides is 4.